The molecule has 0 unspecified atom stereocenters. The Kier molecular flexibility index (Phi) is 7.81. The highest BCUT2D eigenvalue weighted by molar-refractivity contribution is 7.99. The van der Waals surface area contributed by atoms with Crippen LogP contribution in [0.1, 0.15) is 16.7 Å². The standard InChI is InChI=1S/C23H26ClN5O2S/c1-17-6-7-20(12-21(17)24)29-16-26-27-23(29)32-15-22(30)25-13-18-4-2-3-5-19(18)14-28-8-10-31-11-9-28/h2-7,12,16H,8-11,13-15H2,1H3,(H,25,30). The van der Waals surface area contributed by atoms with E-state index in [9.17, 15) is 4.79 Å². The normalized spacial score (nSPS) is 14.4. The molecule has 0 radical (unpaired) electrons. The number of nitrogens with zero attached hydrogens (tertiary/aromatic N) is 4. The van der Waals surface area contributed by atoms with Crippen molar-refractivity contribution in [2.75, 3.05) is 32.1 Å². The van der Waals surface area contributed by atoms with Crippen molar-refractivity contribution in [1.29, 1.82) is 0 Å². The first-order chi connectivity index (χ1) is 15.6. The fraction of sp³-hybridized carbons (Fsp3) is 0.348. The molecule has 3 aromatic rings. The molecule has 32 heavy (non-hydrogen) atoms. The average Bonchev–Trinajstić information content (AvgIpc) is 3.28. The Labute approximate surface area is 197 Å². The summed E-state index contributed by atoms with van der Waals surface area (Å²) in [7, 11) is 0. The van der Waals surface area contributed by atoms with Crippen LogP contribution in [0.3, 0.4) is 0 Å². The molecule has 1 N–H and O–H groups in total. The van der Waals surface area contributed by atoms with Gasteiger partial charge >= 0.3 is 0 Å². The minimum absolute atomic E-state index is 0.0485. The molecule has 0 saturated carbocycles. The Hall–Kier alpha value is -2.39. The maximum atomic E-state index is 12.5. The van der Waals surface area contributed by atoms with Gasteiger partial charge in [0.25, 0.3) is 0 Å². The first kappa shape index (κ1) is 22.8. The fourth-order valence-corrected chi connectivity index (χ4v) is 4.42. The van der Waals surface area contributed by atoms with E-state index in [1.54, 1.807) is 6.33 Å². The first-order valence-corrected chi connectivity index (χ1v) is 11.9. The van der Waals surface area contributed by atoms with Gasteiger partial charge < -0.3 is 10.1 Å². The van der Waals surface area contributed by atoms with Crippen LogP contribution in [0.4, 0.5) is 0 Å². The summed E-state index contributed by atoms with van der Waals surface area (Å²) >= 11 is 7.60. The molecule has 2 aromatic carbocycles. The van der Waals surface area contributed by atoms with Crippen LogP contribution in [0.15, 0.2) is 53.9 Å². The number of aryl methyl sites for hydroxylation is 1. The van der Waals surface area contributed by atoms with E-state index in [2.05, 4.69) is 32.5 Å². The van der Waals surface area contributed by atoms with Crippen LogP contribution >= 0.6 is 23.4 Å². The molecule has 2 heterocycles. The Balaban J connectivity index is 1.32. The molecule has 4 rings (SSSR count). The number of ether oxygens (including phenoxy) is 1. The number of carbonyl (C=O) groups excluding carboxylic acids is 1. The molecule has 1 aromatic heterocycles. The van der Waals surface area contributed by atoms with Crippen molar-refractivity contribution in [3.05, 3.63) is 70.5 Å². The van der Waals surface area contributed by atoms with Crippen molar-refractivity contribution in [3.63, 3.8) is 0 Å². The van der Waals surface area contributed by atoms with Crippen LogP contribution in [0.5, 0.6) is 0 Å². The summed E-state index contributed by atoms with van der Waals surface area (Å²) < 4.78 is 7.27. The molecule has 1 fully saturated rings. The molecule has 1 saturated heterocycles. The van der Waals surface area contributed by atoms with Crippen LogP contribution < -0.4 is 5.32 Å². The molecule has 9 heteroatoms. The molecule has 7 nitrogen and oxygen atoms in total. The zero-order valence-corrected chi connectivity index (χ0v) is 19.5. The third-order valence-corrected chi connectivity index (χ3v) is 6.72. The first-order valence-electron chi connectivity index (χ1n) is 10.5. The minimum Gasteiger partial charge on any atom is -0.379 e. The van der Waals surface area contributed by atoms with Crippen LogP contribution in [-0.2, 0) is 22.6 Å². The number of hydrogen-bond donors (Lipinski definition) is 1. The Bertz CT molecular complexity index is 1070. The molecule has 0 bridgehead atoms. The third kappa shape index (κ3) is 5.89. The van der Waals surface area contributed by atoms with E-state index in [0.29, 0.717) is 16.7 Å². The number of carbonyl (C=O) groups is 1. The summed E-state index contributed by atoms with van der Waals surface area (Å²) in [6.45, 7) is 6.74. The molecule has 1 amide bonds. The molecule has 1 aliphatic rings. The molecular weight excluding hydrogens is 446 g/mol. The van der Waals surface area contributed by atoms with Crippen LogP contribution in [-0.4, -0.2) is 57.6 Å². The van der Waals surface area contributed by atoms with Crippen molar-refractivity contribution in [2.45, 2.75) is 25.2 Å². The highest BCUT2D eigenvalue weighted by atomic mass is 35.5. The van der Waals surface area contributed by atoms with E-state index in [1.165, 1.54) is 17.3 Å². The van der Waals surface area contributed by atoms with E-state index in [1.807, 2.05) is 41.8 Å². The van der Waals surface area contributed by atoms with Gasteiger partial charge in [0.2, 0.25) is 5.91 Å². The lowest BCUT2D eigenvalue weighted by Crippen LogP contribution is -2.36. The summed E-state index contributed by atoms with van der Waals surface area (Å²) in [5, 5.41) is 12.5. The predicted molar refractivity (Wildman–Crippen MR) is 126 cm³/mol. The highest BCUT2D eigenvalue weighted by Gasteiger charge is 2.14. The molecule has 1 aliphatic heterocycles. The van der Waals surface area contributed by atoms with Crippen LogP contribution in [0.25, 0.3) is 5.69 Å². The number of thioether (sulfide) groups is 1. The number of amides is 1. The van der Waals surface area contributed by atoms with Gasteiger partial charge in [-0.25, -0.2) is 0 Å². The van der Waals surface area contributed by atoms with Crippen molar-refractivity contribution < 1.29 is 9.53 Å². The van der Waals surface area contributed by atoms with Gasteiger partial charge in [-0.05, 0) is 35.7 Å². The molecule has 168 valence electrons. The van der Waals surface area contributed by atoms with Gasteiger partial charge in [-0.3, -0.25) is 14.3 Å². The highest BCUT2D eigenvalue weighted by Crippen LogP contribution is 2.23. The largest absolute Gasteiger partial charge is 0.379 e. The average molecular weight is 472 g/mol. The molecular formula is C23H26ClN5O2S. The van der Waals surface area contributed by atoms with Gasteiger partial charge in [0.05, 0.1) is 24.7 Å². The number of rotatable bonds is 8. The van der Waals surface area contributed by atoms with Crippen LogP contribution in [0, 0.1) is 6.92 Å². The summed E-state index contributed by atoms with van der Waals surface area (Å²) in [4.78, 5) is 14.9. The molecule has 0 aliphatic carbocycles. The Morgan fingerprint density at radius 1 is 1.19 bits per heavy atom. The van der Waals surface area contributed by atoms with Crippen molar-refractivity contribution in [2.24, 2.45) is 0 Å². The van der Waals surface area contributed by atoms with E-state index < -0.39 is 0 Å². The molecule has 0 spiro atoms. The van der Waals surface area contributed by atoms with E-state index in [0.717, 1.165) is 49.7 Å². The summed E-state index contributed by atoms with van der Waals surface area (Å²) in [5.74, 6) is 0.205. The minimum atomic E-state index is -0.0485. The zero-order valence-electron chi connectivity index (χ0n) is 18.0. The maximum Gasteiger partial charge on any atom is 0.230 e. The van der Waals surface area contributed by atoms with E-state index in [-0.39, 0.29) is 11.7 Å². The number of halogens is 1. The second kappa shape index (κ2) is 11.0. The number of nitrogens with one attached hydrogen (secondary N) is 1. The van der Waals surface area contributed by atoms with Crippen molar-refractivity contribution >= 4 is 29.3 Å². The van der Waals surface area contributed by atoms with Crippen LogP contribution in [0.2, 0.25) is 5.02 Å². The predicted octanol–water partition coefficient (Wildman–Crippen LogP) is 3.47. The Morgan fingerprint density at radius 3 is 2.75 bits per heavy atom. The van der Waals surface area contributed by atoms with Crippen molar-refractivity contribution in [3.8, 4) is 5.69 Å². The van der Waals surface area contributed by atoms with Gasteiger partial charge in [-0.1, -0.05) is 53.7 Å². The third-order valence-electron chi connectivity index (χ3n) is 5.37. The number of benzene rings is 2. The van der Waals surface area contributed by atoms with E-state index >= 15 is 0 Å². The lowest BCUT2D eigenvalue weighted by molar-refractivity contribution is -0.118. The summed E-state index contributed by atoms with van der Waals surface area (Å²) in [6.07, 6.45) is 1.63. The summed E-state index contributed by atoms with van der Waals surface area (Å²) in [6, 6.07) is 14.0. The van der Waals surface area contributed by atoms with E-state index in [4.69, 9.17) is 16.3 Å². The SMILES string of the molecule is Cc1ccc(-n2cnnc2SCC(=O)NCc2ccccc2CN2CCOCC2)cc1Cl. The van der Waals surface area contributed by atoms with Gasteiger partial charge in [0.1, 0.15) is 6.33 Å². The fourth-order valence-electron chi connectivity index (χ4n) is 3.49. The number of aromatic nitrogens is 3. The lowest BCUT2D eigenvalue weighted by atomic mass is 10.1. The second-order valence-electron chi connectivity index (χ2n) is 7.64. The summed E-state index contributed by atoms with van der Waals surface area (Å²) in [5.41, 5.74) is 4.24. The number of morpholine rings is 1. The number of hydrogen-bond acceptors (Lipinski definition) is 6. The van der Waals surface area contributed by atoms with Gasteiger partial charge in [0.15, 0.2) is 5.16 Å². The monoisotopic (exact) mass is 471 g/mol. The van der Waals surface area contributed by atoms with Gasteiger partial charge in [-0.2, -0.15) is 0 Å². The molecule has 0 atom stereocenters. The topological polar surface area (TPSA) is 72.3 Å². The Morgan fingerprint density at radius 2 is 1.97 bits per heavy atom. The smallest absolute Gasteiger partial charge is 0.230 e. The maximum absolute atomic E-state index is 12.5. The quantitative estimate of drug-likeness (QED) is 0.507. The lowest BCUT2D eigenvalue weighted by Gasteiger charge is -2.27. The van der Waals surface area contributed by atoms with Gasteiger partial charge in [0, 0.05) is 31.2 Å². The zero-order chi connectivity index (χ0) is 22.3. The van der Waals surface area contributed by atoms with Crippen molar-refractivity contribution in [1.82, 2.24) is 25.0 Å². The van der Waals surface area contributed by atoms with Gasteiger partial charge in [-0.15, -0.1) is 10.2 Å². The second-order valence-corrected chi connectivity index (χ2v) is 8.99.